The molecule has 92 valence electrons. The summed E-state index contributed by atoms with van der Waals surface area (Å²) in [5.74, 6) is 0.113. The Morgan fingerprint density at radius 3 is 2.61 bits per heavy atom. The summed E-state index contributed by atoms with van der Waals surface area (Å²) in [6, 6.07) is 8.15. The Bertz CT molecular complexity index is 586. The van der Waals surface area contributed by atoms with E-state index in [2.05, 4.69) is 26.1 Å². The van der Waals surface area contributed by atoms with Crippen LogP contribution < -0.4 is 16.2 Å². The molecule has 18 heavy (non-hydrogen) atoms. The van der Waals surface area contributed by atoms with Crippen LogP contribution in [-0.4, -0.2) is 16.1 Å². The lowest BCUT2D eigenvalue weighted by atomic mass is 10.3. The first kappa shape index (κ1) is 12.3. The minimum Gasteiger partial charge on any atom is -0.436 e. The van der Waals surface area contributed by atoms with Crippen LogP contribution in [0.15, 0.2) is 34.8 Å². The van der Waals surface area contributed by atoms with Gasteiger partial charge in [0, 0.05) is 11.8 Å². The average Bonchev–Trinajstić information content (AvgIpc) is 2.36. The summed E-state index contributed by atoms with van der Waals surface area (Å²) in [6.45, 7) is 0. The monoisotopic (exact) mass is 308 g/mol. The minimum absolute atomic E-state index is 0.0778. The van der Waals surface area contributed by atoms with Crippen LogP contribution >= 0.6 is 15.9 Å². The quantitative estimate of drug-likeness (QED) is 0.840. The summed E-state index contributed by atoms with van der Waals surface area (Å²) < 4.78 is 6.10. The highest BCUT2D eigenvalue weighted by atomic mass is 79.9. The Morgan fingerprint density at radius 2 is 2.00 bits per heavy atom. The highest BCUT2D eigenvalue weighted by Crippen LogP contribution is 2.32. The van der Waals surface area contributed by atoms with E-state index in [1.807, 2.05) is 0 Å². The molecule has 1 aromatic heterocycles. The van der Waals surface area contributed by atoms with Crippen molar-refractivity contribution < 1.29 is 9.53 Å². The van der Waals surface area contributed by atoms with Gasteiger partial charge in [-0.3, -0.25) is 4.79 Å². The number of nitrogens with zero attached hydrogens (tertiary/aromatic N) is 2. The van der Waals surface area contributed by atoms with Gasteiger partial charge in [0.25, 0.3) is 5.91 Å². The summed E-state index contributed by atoms with van der Waals surface area (Å²) in [7, 11) is 0. The predicted octanol–water partition coefficient (Wildman–Crippen LogP) is 1.71. The highest BCUT2D eigenvalue weighted by Gasteiger charge is 2.08. The standard InChI is InChI=1S/C11H9BrN4O2/c12-10-6(13)2-1-3-8(10)18-9-5-4-7(11(14)17)15-16-9/h1-5H,13H2,(H2,14,17). The molecule has 0 radical (unpaired) electrons. The van der Waals surface area contributed by atoms with Crippen LogP contribution in [0.3, 0.4) is 0 Å². The molecule has 2 rings (SSSR count). The molecule has 6 nitrogen and oxygen atoms in total. The van der Waals surface area contributed by atoms with Crippen molar-refractivity contribution >= 4 is 27.5 Å². The number of primary amides is 1. The molecule has 1 heterocycles. The largest absolute Gasteiger partial charge is 0.436 e. The van der Waals surface area contributed by atoms with Gasteiger partial charge in [-0.15, -0.1) is 10.2 Å². The topological polar surface area (TPSA) is 104 Å². The molecular weight excluding hydrogens is 300 g/mol. The minimum atomic E-state index is -0.640. The molecule has 0 saturated carbocycles. The molecule has 0 atom stereocenters. The van der Waals surface area contributed by atoms with Crippen molar-refractivity contribution in [2.45, 2.75) is 0 Å². The van der Waals surface area contributed by atoms with E-state index >= 15 is 0 Å². The Hall–Kier alpha value is -2.15. The third kappa shape index (κ3) is 2.57. The van der Waals surface area contributed by atoms with Crippen molar-refractivity contribution in [2.75, 3.05) is 5.73 Å². The van der Waals surface area contributed by atoms with E-state index < -0.39 is 5.91 Å². The zero-order valence-electron chi connectivity index (χ0n) is 9.13. The lowest BCUT2D eigenvalue weighted by Gasteiger charge is -2.07. The van der Waals surface area contributed by atoms with Crippen molar-refractivity contribution in [3.63, 3.8) is 0 Å². The molecule has 0 saturated heterocycles. The third-order valence-electron chi connectivity index (χ3n) is 2.10. The van der Waals surface area contributed by atoms with Gasteiger partial charge >= 0.3 is 0 Å². The average molecular weight is 309 g/mol. The Balaban J connectivity index is 2.24. The fraction of sp³-hybridized carbons (Fsp3) is 0. The van der Waals surface area contributed by atoms with Gasteiger partial charge in [0.1, 0.15) is 5.75 Å². The van der Waals surface area contributed by atoms with Crippen molar-refractivity contribution in [1.29, 1.82) is 0 Å². The number of nitrogen functional groups attached to an aromatic ring is 1. The molecule has 2 aromatic rings. The van der Waals surface area contributed by atoms with Gasteiger partial charge in [0.2, 0.25) is 5.88 Å². The van der Waals surface area contributed by atoms with Crippen molar-refractivity contribution in [2.24, 2.45) is 5.73 Å². The summed E-state index contributed by atoms with van der Waals surface area (Å²) in [5.41, 5.74) is 11.4. The first-order valence-corrected chi connectivity index (χ1v) is 5.72. The third-order valence-corrected chi connectivity index (χ3v) is 2.95. The number of aromatic nitrogens is 2. The second kappa shape index (κ2) is 5.01. The smallest absolute Gasteiger partial charge is 0.269 e. The number of hydrogen-bond acceptors (Lipinski definition) is 5. The second-order valence-corrected chi connectivity index (χ2v) is 4.18. The molecular formula is C11H9BrN4O2. The van der Waals surface area contributed by atoms with E-state index in [1.54, 1.807) is 18.2 Å². The first-order valence-electron chi connectivity index (χ1n) is 4.93. The summed E-state index contributed by atoms with van der Waals surface area (Å²) in [6.07, 6.45) is 0. The number of carbonyl (C=O) groups excluding carboxylic acids is 1. The van der Waals surface area contributed by atoms with Gasteiger partial charge in [0.05, 0.1) is 4.47 Å². The van der Waals surface area contributed by atoms with Gasteiger partial charge < -0.3 is 16.2 Å². The Morgan fingerprint density at radius 1 is 1.22 bits per heavy atom. The number of hydrogen-bond donors (Lipinski definition) is 2. The van der Waals surface area contributed by atoms with Crippen LogP contribution in [0.5, 0.6) is 11.6 Å². The molecule has 1 aromatic carbocycles. The van der Waals surface area contributed by atoms with Gasteiger partial charge in [-0.05, 0) is 34.1 Å². The molecule has 7 heteroatoms. The molecule has 0 aliphatic heterocycles. The molecule has 1 amide bonds. The Kier molecular flexibility index (Phi) is 3.42. The molecule has 0 aliphatic carbocycles. The molecule has 0 bridgehead atoms. The molecule has 4 N–H and O–H groups in total. The number of benzene rings is 1. The summed E-state index contributed by atoms with van der Waals surface area (Å²) in [4.78, 5) is 10.8. The van der Waals surface area contributed by atoms with Gasteiger partial charge in [0.15, 0.2) is 5.69 Å². The molecule has 0 aliphatic rings. The fourth-order valence-electron chi connectivity index (χ4n) is 1.23. The number of rotatable bonds is 3. The van der Waals surface area contributed by atoms with Crippen molar-refractivity contribution in [3.8, 4) is 11.6 Å². The SMILES string of the molecule is NC(=O)c1ccc(Oc2cccc(N)c2Br)nn1. The van der Waals surface area contributed by atoms with Gasteiger partial charge in [-0.1, -0.05) is 6.07 Å². The van der Waals surface area contributed by atoms with E-state index in [-0.39, 0.29) is 11.6 Å². The van der Waals surface area contributed by atoms with E-state index in [0.29, 0.717) is 15.9 Å². The predicted molar refractivity (Wildman–Crippen MR) is 69.2 cm³/mol. The Labute approximate surface area is 111 Å². The lowest BCUT2D eigenvalue weighted by Crippen LogP contribution is -2.13. The van der Waals surface area contributed by atoms with E-state index in [4.69, 9.17) is 16.2 Å². The maximum atomic E-state index is 10.8. The van der Waals surface area contributed by atoms with Crippen LogP contribution in [0.25, 0.3) is 0 Å². The number of anilines is 1. The lowest BCUT2D eigenvalue weighted by molar-refractivity contribution is 0.0994. The van der Waals surface area contributed by atoms with Crippen molar-refractivity contribution in [1.82, 2.24) is 10.2 Å². The number of halogens is 1. The van der Waals surface area contributed by atoms with E-state index in [1.165, 1.54) is 12.1 Å². The van der Waals surface area contributed by atoms with Gasteiger partial charge in [-0.25, -0.2) is 0 Å². The summed E-state index contributed by atoms with van der Waals surface area (Å²) >= 11 is 3.30. The van der Waals surface area contributed by atoms with E-state index in [9.17, 15) is 4.79 Å². The van der Waals surface area contributed by atoms with Crippen LogP contribution in [0, 0.1) is 0 Å². The number of ether oxygens (including phenoxy) is 1. The highest BCUT2D eigenvalue weighted by molar-refractivity contribution is 9.10. The zero-order valence-corrected chi connectivity index (χ0v) is 10.7. The van der Waals surface area contributed by atoms with Gasteiger partial charge in [-0.2, -0.15) is 0 Å². The zero-order chi connectivity index (χ0) is 13.1. The first-order chi connectivity index (χ1) is 8.58. The van der Waals surface area contributed by atoms with Crippen LogP contribution in [-0.2, 0) is 0 Å². The molecule has 0 unspecified atom stereocenters. The van der Waals surface area contributed by atoms with Crippen LogP contribution in [0.4, 0.5) is 5.69 Å². The fourth-order valence-corrected chi connectivity index (χ4v) is 1.57. The van der Waals surface area contributed by atoms with Crippen LogP contribution in [0.2, 0.25) is 0 Å². The normalized spacial score (nSPS) is 10.1. The maximum Gasteiger partial charge on any atom is 0.269 e. The second-order valence-electron chi connectivity index (χ2n) is 3.38. The maximum absolute atomic E-state index is 10.8. The molecule has 0 spiro atoms. The molecule has 0 fully saturated rings. The van der Waals surface area contributed by atoms with E-state index in [0.717, 1.165) is 0 Å². The van der Waals surface area contributed by atoms with Crippen LogP contribution in [0.1, 0.15) is 10.5 Å². The number of nitrogens with two attached hydrogens (primary N) is 2. The number of carbonyl (C=O) groups is 1. The number of amides is 1. The van der Waals surface area contributed by atoms with Crippen molar-refractivity contribution in [3.05, 3.63) is 40.5 Å². The summed E-state index contributed by atoms with van der Waals surface area (Å²) in [5, 5.41) is 7.36.